The van der Waals surface area contributed by atoms with Gasteiger partial charge in [0.25, 0.3) is 0 Å². The fourth-order valence-electron chi connectivity index (χ4n) is 3.63. The van der Waals surface area contributed by atoms with Crippen molar-refractivity contribution in [2.45, 2.75) is 17.7 Å². The quantitative estimate of drug-likeness (QED) is 0.559. The number of carbonyl (C=O) groups excluding carboxylic acids is 1. The molecule has 0 atom stereocenters. The third-order valence-electron chi connectivity index (χ3n) is 5.43. The molecule has 0 spiro atoms. The van der Waals surface area contributed by atoms with Crippen molar-refractivity contribution in [1.29, 1.82) is 0 Å². The van der Waals surface area contributed by atoms with Crippen LogP contribution in [0.3, 0.4) is 0 Å². The smallest absolute Gasteiger partial charge is 0.243 e. The number of hydrogen-bond donors (Lipinski definition) is 1. The standard InChI is InChI=1S/C24H22F2N2O4S/c25-18-4-10-23(11-5-18)33(30,31)28-14-12-17(13-15-28)24(29)27-20-6-8-21(9-7-20)32-22-3-1-2-19(26)16-22/h1-11,16-17H,12-15H2,(H,27,29). The second kappa shape index (κ2) is 9.68. The average molecular weight is 473 g/mol. The van der Waals surface area contributed by atoms with Gasteiger partial charge in [-0.25, -0.2) is 17.2 Å². The molecule has 0 bridgehead atoms. The van der Waals surface area contributed by atoms with Gasteiger partial charge in [-0.2, -0.15) is 4.31 Å². The molecule has 0 aromatic heterocycles. The van der Waals surface area contributed by atoms with Crippen LogP contribution in [0.1, 0.15) is 12.8 Å². The van der Waals surface area contributed by atoms with Crippen LogP contribution in [-0.4, -0.2) is 31.7 Å². The summed E-state index contributed by atoms with van der Waals surface area (Å²) in [4.78, 5) is 12.7. The van der Waals surface area contributed by atoms with E-state index in [4.69, 9.17) is 4.74 Å². The molecule has 1 amide bonds. The van der Waals surface area contributed by atoms with E-state index in [1.807, 2.05) is 0 Å². The Morgan fingerprint density at radius 3 is 2.18 bits per heavy atom. The minimum Gasteiger partial charge on any atom is -0.457 e. The first-order valence-corrected chi connectivity index (χ1v) is 11.9. The van der Waals surface area contributed by atoms with E-state index in [2.05, 4.69) is 5.32 Å². The highest BCUT2D eigenvalue weighted by Gasteiger charge is 2.32. The van der Waals surface area contributed by atoms with Crippen molar-refractivity contribution in [2.24, 2.45) is 5.92 Å². The molecule has 0 saturated carbocycles. The number of ether oxygens (including phenoxy) is 1. The van der Waals surface area contributed by atoms with Crippen LogP contribution in [0.5, 0.6) is 11.5 Å². The second-order valence-electron chi connectivity index (χ2n) is 7.71. The van der Waals surface area contributed by atoms with E-state index in [1.165, 1.54) is 28.6 Å². The predicted molar refractivity (Wildman–Crippen MR) is 119 cm³/mol. The molecule has 1 saturated heterocycles. The normalized spacial score (nSPS) is 15.2. The lowest BCUT2D eigenvalue weighted by Gasteiger charge is -2.30. The van der Waals surface area contributed by atoms with Gasteiger partial charge >= 0.3 is 0 Å². The third kappa shape index (κ3) is 5.55. The molecule has 33 heavy (non-hydrogen) atoms. The Kier molecular flexibility index (Phi) is 6.71. The number of anilines is 1. The number of nitrogens with one attached hydrogen (secondary N) is 1. The first kappa shape index (κ1) is 22.9. The maximum absolute atomic E-state index is 13.3. The zero-order valence-electron chi connectivity index (χ0n) is 17.6. The number of benzene rings is 3. The zero-order chi connectivity index (χ0) is 23.4. The van der Waals surface area contributed by atoms with Crippen molar-refractivity contribution < 1.29 is 26.7 Å². The molecule has 1 aliphatic rings. The van der Waals surface area contributed by atoms with Crippen LogP contribution in [0.25, 0.3) is 0 Å². The molecular formula is C24H22F2N2O4S. The monoisotopic (exact) mass is 472 g/mol. The predicted octanol–water partition coefficient (Wildman–Crippen LogP) is 4.80. The van der Waals surface area contributed by atoms with Crippen molar-refractivity contribution in [3.05, 3.63) is 84.4 Å². The molecule has 6 nitrogen and oxygen atoms in total. The van der Waals surface area contributed by atoms with Gasteiger partial charge in [-0.05, 0) is 73.5 Å². The van der Waals surface area contributed by atoms with Gasteiger partial charge in [-0.3, -0.25) is 4.79 Å². The molecule has 3 aromatic carbocycles. The van der Waals surface area contributed by atoms with E-state index in [0.29, 0.717) is 30.0 Å². The number of piperidine rings is 1. The lowest BCUT2D eigenvalue weighted by atomic mass is 9.97. The van der Waals surface area contributed by atoms with Crippen LogP contribution in [0.15, 0.2) is 77.7 Å². The zero-order valence-corrected chi connectivity index (χ0v) is 18.4. The number of amides is 1. The number of carbonyl (C=O) groups is 1. The first-order valence-electron chi connectivity index (χ1n) is 10.4. The Balaban J connectivity index is 1.31. The average Bonchev–Trinajstić information content (AvgIpc) is 2.81. The Bertz CT molecular complexity index is 1220. The molecule has 0 aliphatic carbocycles. The van der Waals surface area contributed by atoms with Gasteiger partial charge < -0.3 is 10.1 Å². The highest BCUT2D eigenvalue weighted by molar-refractivity contribution is 7.89. The highest BCUT2D eigenvalue weighted by atomic mass is 32.2. The van der Waals surface area contributed by atoms with E-state index < -0.39 is 21.7 Å². The lowest BCUT2D eigenvalue weighted by molar-refractivity contribution is -0.120. The molecule has 1 N–H and O–H groups in total. The summed E-state index contributed by atoms with van der Waals surface area (Å²) in [6, 6.07) is 17.2. The Morgan fingerprint density at radius 2 is 1.55 bits per heavy atom. The van der Waals surface area contributed by atoms with Crippen LogP contribution >= 0.6 is 0 Å². The van der Waals surface area contributed by atoms with Crippen LogP contribution < -0.4 is 10.1 Å². The van der Waals surface area contributed by atoms with Crippen molar-refractivity contribution in [1.82, 2.24) is 4.31 Å². The number of sulfonamides is 1. The summed E-state index contributed by atoms with van der Waals surface area (Å²) in [5.74, 6) is -0.543. The van der Waals surface area contributed by atoms with Gasteiger partial charge in [-0.1, -0.05) is 6.07 Å². The minimum absolute atomic E-state index is 0.0346. The molecule has 1 aliphatic heterocycles. The summed E-state index contributed by atoms with van der Waals surface area (Å²) < 4.78 is 58.7. The van der Waals surface area contributed by atoms with Crippen LogP contribution in [0, 0.1) is 17.6 Å². The maximum atomic E-state index is 13.3. The Hall–Kier alpha value is -3.30. The van der Waals surface area contributed by atoms with Gasteiger partial charge in [0, 0.05) is 30.8 Å². The fourth-order valence-corrected chi connectivity index (χ4v) is 5.10. The number of halogens is 2. The van der Waals surface area contributed by atoms with Crippen LogP contribution in [0.4, 0.5) is 14.5 Å². The molecule has 4 rings (SSSR count). The number of hydrogen-bond acceptors (Lipinski definition) is 4. The van der Waals surface area contributed by atoms with Gasteiger partial charge in [-0.15, -0.1) is 0 Å². The van der Waals surface area contributed by atoms with E-state index in [-0.39, 0.29) is 29.8 Å². The van der Waals surface area contributed by atoms with Gasteiger partial charge in [0.15, 0.2) is 0 Å². The first-order chi connectivity index (χ1) is 15.8. The van der Waals surface area contributed by atoms with Gasteiger partial charge in [0.05, 0.1) is 4.90 Å². The summed E-state index contributed by atoms with van der Waals surface area (Å²) in [5.41, 5.74) is 0.577. The summed E-state index contributed by atoms with van der Waals surface area (Å²) >= 11 is 0. The van der Waals surface area contributed by atoms with Crippen molar-refractivity contribution >= 4 is 21.6 Å². The Labute approximate surface area is 190 Å². The van der Waals surface area contributed by atoms with Crippen LogP contribution in [0.2, 0.25) is 0 Å². The molecular weight excluding hydrogens is 450 g/mol. The molecule has 9 heteroatoms. The molecule has 172 valence electrons. The largest absolute Gasteiger partial charge is 0.457 e. The maximum Gasteiger partial charge on any atom is 0.243 e. The molecule has 3 aromatic rings. The van der Waals surface area contributed by atoms with E-state index in [1.54, 1.807) is 36.4 Å². The van der Waals surface area contributed by atoms with E-state index in [9.17, 15) is 22.0 Å². The number of nitrogens with zero attached hydrogens (tertiary/aromatic N) is 1. The highest BCUT2D eigenvalue weighted by Crippen LogP contribution is 2.27. The third-order valence-corrected chi connectivity index (χ3v) is 7.34. The summed E-state index contributed by atoms with van der Waals surface area (Å²) in [7, 11) is -3.72. The molecule has 1 heterocycles. The SMILES string of the molecule is O=C(Nc1ccc(Oc2cccc(F)c2)cc1)C1CCN(S(=O)(=O)c2ccc(F)cc2)CC1. The lowest BCUT2D eigenvalue weighted by Crippen LogP contribution is -2.41. The molecule has 0 unspecified atom stereocenters. The van der Waals surface area contributed by atoms with E-state index in [0.717, 1.165) is 12.1 Å². The summed E-state index contributed by atoms with van der Waals surface area (Å²) in [6.07, 6.45) is 0.764. The van der Waals surface area contributed by atoms with Gasteiger partial charge in [0.1, 0.15) is 23.1 Å². The summed E-state index contributed by atoms with van der Waals surface area (Å²) in [5, 5.41) is 2.84. The van der Waals surface area contributed by atoms with Crippen molar-refractivity contribution in [3.8, 4) is 11.5 Å². The van der Waals surface area contributed by atoms with Gasteiger partial charge in [0.2, 0.25) is 15.9 Å². The number of rotatable bonds is 6. The Morgan fingerprint density at radius 1 is 0.879 bits per heavy atom. The summed E-state index contributed by atoms with van der Waals surface area (Å²) in [6.45, 7) is 0.413. The second-order valence-corrected chi connectivity index (χ2v) is 9.64. The molecule has 1 fully saturated rings. The van der Waals surface area contributed by atoms with Crippen molar-refractivity contribution in [3.63, 3.8) is 0 Å². The molecule has 0 radical (unpaired) electrons. The topological polar surface area (TPSA) is 75.7 Å². The van der Waals surface area contributed by atoms with E-state index >= 15 is 0 Å². The fraction of sp³-hybridized carbons (Fsp3) is 0.208. The minimum atomic E-state index is -3.72. The van der Waals surface area contributed by atoms with Crippen LogP contribution in [-0.2, 0) is 14.8 Å². The van der Waals surface area contributed by atoms with Crippen molar-refractivity contribution in [2.75, 3.05) is 18.4 Å².